The topological polar surface area (TPSA) is 71.5 Å². The van der Waals surface area contributed by atoms with Gasteiger partial charge >= 0.3 is 0 Å². The van der Waals surface area contributed by atoms with E-state index in [1.54, 1.807) is 13.1 Å². The average Bonchev–Trinajstić information content (AvgIpc) is 3.50. The summed E-state index contributed by atoms with van der Waals surface area (Å²) in [4.78, 5) is 34.4. The van der Waals surface area contributed by atoms with E-state index in [2.05, 4.69) is 40.4 Å². The smallest absolute Gasteiger partial charge is 0.252 e. The Balaban J connectivity index is 1.31. The lowest BCUT2D eigenvalue weighted by Crippen LogP contribution is -2.53. The molecule has 1 saturated carbocycles. The number of ether oxygens (including phenoxy) is 1. The number of carbonyl (C=O) groups is 2. The first-order valence-corrected chi connectivity index (χ1v) is 15.5. The molecular weight excluding hydrogens is 523 g/mol. The Hall–Kier alpha value is -3.33. The number of likely N-dealkylation sites (tertiary alicyclic amines) is 1. The largest absolute Gasteiger partial charge is 0.494 e. The number of aryl methyl sites for hydroxylation is 1. The van der Waals surface area contributed by atoms with Gasteiger partial charge in [-0.2, -0.15) is 0 Å². The standard InChI is InChI=1S/C31H33N3O3SSi/c1-18-6-7-21(37-30(39)26-10-14-34(26)3)17-23(18)29(36)33-31(11-12-31)24-15-20(16-25-22(24)5-4-13-32-25)28-9-8-27(38-28)19(2)35/h4-9,13,15-17,26,30H,10-12,14H2,1-3,39H3,(H,33,36)/t26-,30?/m0/s1. The van der Waals surface area contributed by atoms with Gasteiger partial charge in [-0.15, -0.1) is 11.3 Å². The van der Waals surface area contributed by atoms with Gasteiger partial charge in [-0.25, -0.2) is 0 Å². The van der Waals surface area contributed by atoms with E-state index < -0.39 is 5.54 Å². The molecular formula is C31H33N3O3SSi. The molecule has 4 aromatic rings. The van der Waals surface area contributed by atoms with Crippen LogP contribution in [0.3, 0.4) is 0 Å². The van der Waals surface area contributed by atoms with Crippen LogP contribution in [0.4, 0.5) is 0 Å². The molecule has 6 rings (SSSR count). The predicted octanol–water partition coefficient (Wildman–Crippen LogP) is 4.67. The summed E-state index contributed by atoms with van der Waals surface area (Å²) in [6.45, 7) is 4.68. The minimum atomic E-state index is -0.451. The van der Waals surface area contributed by atoms with Gasteiger partial charge in [0, 0.05) is 28.1 Å². The van der Waals surface area contributed by atoms with Crippen LogP contribution >= 0.6 is 11.3 Å². The van der Waals surface area contributed by atoms with Crippen LogP contribution in [0.25, 0.3) is 21.3 Å². The molecule has 2 aromatic heterocycles. The molecule has 6 nitrogen and oxygen atoms in total. The van der Waals surface area contributed by atoms with Crippen LogP contribution in [0.1, 0.15) is 57.3 Å². The summed E-state index contributed by atoms with van der Waals surface area (Å²) in [5.41, 5.74) is 4.29. The number of nitrogens with one attached hydrogen (secondary N) is 1. The summed E-state index contributed by atoms with van der Waals surface area (Å²) >= 11 is 1.49. The number of carbonyl (C=O) groups excluding carboxylic acids is 2. The van der Waals surface area contributed by atoms with Gasteiger partial charge in [-0.3, -0.25) is 14.6 Å². The highest BCUT2D eigenvalue weighted by molar-refractivity contribution is 7.17. The quantitative estimate of drug-likeness (QED) is 0.253. The van der Waals surface area contributed by atoms with Crippen molar-refractivity contribution in [3.8, 4) is 16.2 Å². The third-order valence-electron chi connectivity index (χ3n) is 8.24. The molecule has 1 aliphatic heterocycles. The number of Topliss-reactive ketones (excluding diaryl/α,β-unsaturated/α-hetero) is 1. The predicted molar refractivity (Wildman–Crippen MR) is 160 cm³/mol. The molecule has 0 bridgehead atoms. The first-order chi connectivity index (χ1) is 18.7. The number of thiophene rings is 1. The van der Waals surface area contributed by atoms with Crippen molar-refractivity contribution in [2.45, 2.75) is 50.4 Å². The van der Waals surface area contributed by atoms with Gasteiger partial charge in [-0.05, 0) is 106 Å². The van der Waals surface area contributed by atoms with Gasteiger partial charge in [0.05, 0.1) is 31.9 Å². The number of hydrogen-bond acceptors (Lipinski definition) is 6. The molecule has 1 saturated heterocycles. The van der Waals surface area contributed by atoms with Gasteiger partial charge in [0.25, 0.3) is 5.91 Å². The van der Waals surface area contributed by atoms with Crippen molar-refractivity contribution in [1.82, 2.24) is 15.2 Å². The highest BCUT2D eigenvalue weighted by Gasteiger charge is 2.47. The van der Waals surface area contributed by atoms with Gasteiger partial charge in [0.15, 0.2) is 5.78 Å². The van der Waals surface area contributed by atoms with E-state index in [0.717, 1.165) is 79.1 Å². The number of likely N-dealkylation sites (N-methyl/N-ethyl adjacent to an activating group) is 1. The van der Waals surface area contributed by atoms with Gasteiger partial charge in [0.2, 0.25) is 0 Å². The summed E-state index contributed by atoms with van der Waals surface area (Å²) in [5, 5.41) is 4.44. The number of ketones is 1. The van der Waals surface area contributed by atoms with Crippen molar-refractivity contribution < 1.29 is 14.3 Å². The fourth-order valence-electron chi connectivity index (χ4n) is 5.62. The number of benzene rings is 2. The van der Waals surface area contributed by atoms with Crippen molar-refractivity contribution >= 4 is 44.2 Å². The summed E-state index contributed by atoms with van der Waals surface area (Å²) in [7, 11) is 3.07. The van der Waals surface area contributed by atoms with Crippen molar-refractivity contribution in [3.63, 3.8) is 0 Å². The zero-order valence-electron chi connectivity index (χ0n) is 22.8. The number of nitrogens with zero attached hydrogens (tertiary/aromatic N) is 2. The molecule has 8 heteroatoms. The van der Waals surface area contributed by atoms with E-state index in [4.69, 9.17) is 4.74 Å². The summed E-state index contributed by atoms with van der Waals surface area (Å²) in [5.74, 6) is 0.736. The van der Waals surface area contributed by atoms with Crippen LogP contribution in [-0.4, -0.2) is 57.2 Å². The van der Waals surface area contributed by atoms with Crippen LogP contribution in [0.2, 0.25) is 0 Å². The van der Waals surface area contributed by atoms with Gasteiger partial charge in [-0.1, -0.05) is 12.1 Å². The Morgan fingerprint density at radius 2 is 2.00 bits per heavy atom. The van der Waals surface area contributed by atoms with Crippen molar-refractivity contribution in [2.75, 3.05) is 13.6 Å². The van der Waals surface area contributed by atoms with Crippen LogP contribution in [0.5, 0.6) is 5.75 Å². The monoisotopic (exact) mass is 555 g/mol. The van der Waals surface area contributed by atoms with Crippen molar-refractivity contribution in [2.24, 2.45) is 0 Å². The zero-order valence-corrected chi connectivity index (χ0v) is 25.6. The SMILES string of the molecule is CC(=O)c1ccc(-c2cc(C3(NC(=O)c4cc(OC([SiH3])[C@@H]5CCN5C)ccc4C)CC3)c3cccnc3c2)s1. The fourth-order valence-corrected chi connectivity index (χ4v) is 7.62. The number of rotatable bonds is 8. The first-order valence-electron chi connectivity index (χ1n) is 13.5. The van der Waals surface area contributed by atoms with E-state index in [-0.39, 0.29) is 17.4 Å². The Labute approximate surface area is 235 Å². The Morgan fingerprint density at radius 3 is 2.67 bits per heavy atom. The van der Waals surface area contributed by atoms with Crippen molar-refractivity contribution in [1.29, 1.82) is 0 Å². The number of aromatic nitrogens is 1. The lowest BCUT2D eigenvalue weighted by Gasteiger charge is -2.41. The van der Waals surface area contributed by atoms with Gasteiger partial charge < -0.3 is 15.0 Å². The first kappa shape index (κ1) is 25.9. The maximum Gasteiger partial charge on any atom is 0.252 e. The van der Waals surface area contributed by atoms with E-state index >= 15 is 0 Å². The third kappa shape index (κ3) is 4.93. The second-order valence-corrected chi connectivity index (χ2v) is 13.2. The van der Waals surface area contributed by atoms with E-state index in [9.17, 15) is 9.59 Å². The highest BCUT2D eigenvalue weighted by Crippen LogP contribution is 2.49. The molecule has 1 N–H and O–H groups in total. The van der Waals surface area contributed by atoms with E-state index in [0.29, 0.717) is 11.6 Å². The molecule has 2 atom stereocenters. The second-order valence-electron chi connectivity index (χ2n) is 11.0. The number of hydrogen-bond donors (Lipinski definition) is 1. The maximum absolute atomic E-state index is 13.7. The molecule has 39 heavy (non-hydrogen) atoms. The Morgan fingerprint density at radius 1 is 1.18 bits per heavy atom. The lowest BCUT2D eigenvalue weighted by atomic mass is 9.95. The molecule has 1 aliphatic carbocycles. The van der Waals surface area contributed by atoms with Gasteiger partial charge in [0.1, 0.15) is 5.75 Å². The third-order valence-corrected chi connectivity index (χ3v) is 10.5. The fraction of sp³-hybridized carbons (Fsp3) is 0.323. The van der Waals surface area contributed by atoms with Crippen LogP contribution in [-0.2, 0) is 5.54 Å². The molecule has 2 aliphatic rings. The highest BCUT2D eigenvalue weighted by atomic mass is 32.1. The molecule has 3 heterocycles. The minimum absolute atomic E-state index is 0.0642. The number of fused-ring (bicyclic) bond motifs is 1. The van der Waals surface area contributed by atoms with Crippen LogP contribution < -0.4 is 10.1 Å². The van der Waals surface area contributed by atoms with Crippen LogP contribution in [0, 0.1) is 6.92 Å². The van der Waals surface area contributed by atoms with Crippen LogP contribution in [0.15, 0.2) is 60.8 Å². The average molecular weight is 556 g/mol. The molecule has 200 valence electrons. The minimum Gasteiger partial charge on any atom is -0.494 e. The summed E-state index contributed by atoms with van der Waals surface area (Å²) in [6.07, 6.45) is 4.68. The second kappa shape index (κ2) is 10.0. The molecule has 0 radical (unpaired) electrons. The molecule has 1 unspecified atom stereocenters. The molecule has 1 amide bonds. The van der Waals surface area contributed by atoms with E-state index in [1.165, 1.54) is 11.3 Å². The number of amides is 1. The maximum atomic E-state index is 13.7. The Kier molecular flexibility index (Phi) is 6.65. The number of pyridine rings is 1. The van der Waals surface area contributed by atoms with E-state index in [1.807, 2.05) is 43.3 Å². The summed E-state index contributed by atoms with van der Waals surface area (Å²) in [6, 6.07) is 18.4. The lowest BCUT2D eigenvalue weighted by molar-refractivity contribution is 0.0562. The molecule has 2 aromatic carbocycles. The zero-order chi connectivity index (χ0) is 27.3. The molecule has 2 fully saturated rings. The van der Waals surface area contributed by atoms with Crippen molar-refractivity contribution in [3.05, 3.63) is 82.4 Å². The Bertz CT molecular complexity index is 1600. The molecule has 0 spiro atoms. The normalized spacial score (nSPS) is 18.9. The summed E-state index contributed by atoms with van der Waals surface area (Å²) < 4.78 is 6.31.